The van der Waals surface area contributed by atoms with E-state index >= 15 is 0 Å². The van der Waals surface area contributed by atoms with Gasteiger partial charge >= 0.3 is 5.97 Å². The van der Waals surface area contributed by atoms with Crippen molar-refractivity contribution in [2.45, 2.75) is 5.92 Å². The van der Waals surface area contributed by atoms with Gasteiger partial charge in [0.1, 0.15) is 5.92 Å². The monoisotopic (exact) mass is 280 g/mol. The van der Waals surface area contributed by atoms with E-state index in [9.17, 15) is 9.90 Å². The predicted molar refractivity (Wildman–Crippen MR) is 72.4 cm³/mol. The third-order valence-corrected chi connectivity index (χ3v) is 3.03. The van der Waals surface area contributed by atoms with Gasteiger partial charge in [0.25, 0.3) is 0 Å². The van der Waals surface area contributed by atoms with E-state index in [0.29, 0.717) is 21.2 Å². The van der Waals surface area contributed by atoms with Gasteiger partial charge in [0, 0.05) is 10.0 Å². The van der Waals surface area contributed by atoms with Crippen LogP contribution < -0.4 is 0 Å². The van der Waals surface area contributed by atoms with E-state index in [1.807, 2.05) is 6.07 Å². The lowest BCUT2D eigenvalue weighted by atomic mass is 9.91. The van der Waals surface area contributed by atoms with Crippen LogP contribution in [-0.2, 0) is 4.79 Å². The highest BCUT2D eigenvalue weighted by atomic mass is 35.5. The molecule has 1 unspecified atom stereocenters. The van der Waals surface area contributed by atoms with Crippen molar-refractivity contribution < 1.29 is 9.90 Å². The molecule has 0 saturated carbocycles. The van der Waals surface area contributed by atoms with Gasteiger partial charge in [0.05, 0.1) is 0 Å². The summed E-state index contributed by atoms with van der Waals surface area (Å²) in [6, 6.07) is 13.8. The fraction of sp³-hybridized carbons (Fsp3) is 0.0714. The number of rotatable bonds is 3. The molecule has 1 N–H and O–H groups in total. The van der Waals surface area contributed by atoms with E-state index < -0.39 is 11.9 Å². The van der Waals surface area contributed by atoms with Crippen molar-refractivity contribution in [3.8, 4) is 0 Å². The molecular formula is C14H10Cl2O2. The largest absolute Gasteiger partial charge is 0.481 e. The van der Waals surface area contributed by atoms with E-state index in [2.05, 4.69) is 0 Å². The topological polar surface area (TPSA) is 37.3 Å². The lowest BCUT2D eigenvalue weighted by Gasteiger charge is -2.14. The van der Waals surface area contributed by atoms with Gasteiger partial charge in [0.2, 0.25) is 0 Å². The molecule has 18 heavy (non-hydrogen) atoms. The fourth-order valence-electron chi connectivity index (χ4n) is 1.86. The van der Waals surface area contributed by atoms with Gasteiger partial charge in [-0.1, -0.05) is 53.5 Å². The van der Waals surface area contributed by atoms with Crippen molar-refractivity contribution in [2.24, 2.45) is 0 Å². The number of benzene rings is 2. The van der Waals surface area contributed by atoms with E-state index in [1.54, 1.807) is 42.5 Å². The quantitative estimate of drug-likeness (QED) is 0.915. The number of carboxylic acids is 1. The van der Waals surface area contributed by atoms with Crippen LogP contribution in [0.3, 0.4) is 0 Å². The van der Waals surface area contributed by atoms with Crippen LogP contribution in [0, 0.1) is 0 Å². The smallest absolute Gasteiger partial charge is 0.315 e. The number of hydrogen-bond acceptors (Lipinski definition) is 1. The van der Waals surface area contributed by atoms with Gasteiger partial charge in [-0.25, -0.2) is 0 Å². The molecule has 2 rings (SSSR count). The van der Waals surface area contributed by atoms with Crippen LogP contribution >= 0.6 is 23.2 Å². The normalized spacial score (nSPS) is 12.1. The number of hydrogen-bond donors (Lipinski definition) is 1. The average Bonchev–Trinajstić information content (AvgIpc) is 2.28. The lowest BCUT2D eigenvalue weighted by molar-refractivity contribution is -0.137. The maximum Gasteiger partial charge on any atom is 0.315 e. The summed E-state index contributed by atoms with van der Waals surface area (Å²) in [6.07, 6.45) is 0. The van der Waals surface area contributed by atoms with E-state index in [-0.39, 0.29) is 0 Å². The summed E-state index contributed by atoms with van der Waals surface area (Å²) in [5, 5.41) is 10.2. The van der Waals surface area contributed by atoms with Crippen LogP contribution in [0.25, 0.3) is 0 Å². The first-order valence-electron chi connectivity index (χ1n) is 5.31. The van der Waals surface area contributed by atoms with Crippen LogP contribution in [0.1, 0.15) is 17.0 Å². The van der Waals surface area contributed by atoms with Gasteiger partial charge in [-0.3, -0.25) is 4.79 Å². The predicted octanol–water partition coefficient (Wildman–Crippen LogP) is 4.21. The number of aliphatic carboxylic acids is 1. The lowest BCUT2D eigenvalue weighted by Crippen LogP contribution is -2.13. The summed E-state index contributed by atoms with van der Waals surface area (Å²) in [4.78, 5) is 11.4. The third-order valence-electron chi connectivity index (χ3n) is 2.60. The first-order chi connectivity index (χ1) is 8.58. The summed E-state index contributed by atoms with van der Waals surface area (Å²) in [7, 11) is 0. The van der Waals surface area contributed by atoms with Crippen molar-refractivity contribution >= 4 is 29.2 Å². The molecule has 92 valence electrons. The first-order valence-corrected chi connectivity index (χ1v) is 6.07. The maximum atomic E-state index is 11.4. The Morgan fingerprint density at radius 3 is 2.00 bits per heavy atom. The highest BCUT2D eigenvalue weighted by Crippen LogP contribution is 2.29. The van der Waals surface area contributed by atoms with Crippen molar-refractivity contribution in [1.29, 1.82) is 0 Å². The molecule has 0 fully saturated rings. The zero-order valence-electron chi connectivity index (χ0n) is 9.31. The van der Waals surface area contributed by atoms with Gasteiger partial charge in [-0.2, -0.15) is 0 Å². The van der Waals surface area contributed by atoms with Gasteiger partial charge in [-0.15, -0.1) is 0 Å². The third kappa shape index (κ3) is 2.84. The van der Waals surface area contributed by atoms with Gasteiger partial charge < -0.3 is 5.11 Å². The summed E-state index contributed by atoms with van der Waals surface area (Å²) in [6.45, 7) is 0. The maximum absolute atomic E-state index is 11.4. The van der Waals surface area contributed by atoms with Crippen molar-refractivity contribution in [1.82, 2.24) is 0 Å². The second kappa shape index (κ2) is 5.42. The molecule has 0 heterocycles. The second-order valence-corrected chi connectivity index (χ2v) is 4.76. The minimum Gasteiger partial charge on any atom is -0.481 e. The SMILES string of the molecule is O=C(O)C(c1ccccc1)c1cc(Cl)cc(Cl)c1. The molecule has 0 aliphatic rings. The molecule has 4 heteroatoms. The average molecular weight is 281 g/mol. The second-order valence-electron chi connectivity index (χ2n) is 3.88. The van der Waals surface area contributed by atoms with Crippen LogP contribution in [0.4, 0.5) is 0 Å². The van der Waals surface area contributed by atoms with Crippen LogP contribution in [0.2, 0.25) is 10.0 Å². The van der Waals surface area contributed by atoms with Gasteiger partial charge in [-0.05, 0) is 29.3 Å². The first kappa shape index (κ1) is 12.9. The molecule has 1 atom stereocenters. The molecule has 2 aromatic rings. The van der Waals surface area contributed by atoms with Crippen molar-refractivity contribution in [2.75, 3.05) is 0 Å². The van der Waals surface area contributed by atoms with E-state index in [1.165, 1.54) is 0 Å². The molecule has 2 nitrogen and oxygen atoms in total. The Morgan fingerprint density at radius 1 is 0.944 bits per heavy atom. The summed E-state index contributed by atoms with van der Waals surface area (Å²) in [5.74, 6) is -1.69. The van der Waals surface area contributed by atoms with Crippen molar-refractivity contribution in [3.63, 3.8) is 0 Å². The molecule has 0 radical (unpaired) electrons. The molecule has 0 spiro atoms. The molecule has 0 amide bonds. The molecule has 0 aliphatic heterocycles. The number of carboxylic acid groups (broad SMARTS) is 1. The summed E-state index contributed by atoms with van der Waals surface area (Å²) >= 11 is 11.8. The Kier molecular flexibility index (Phi) is 3.90. The van der Waals surface area contributed by atoms with Gasteiger partial charge in [0.15, 0.2) is 0 Å². The van der Waals surface area contributed by atoms with Crippen LogP contribution in [-0.4, -0.2) is 11.1 Å². The molecular weight excluding hydrogens is 271 g/mol. The van der Waals surface area contributed by atoms with E-state index in [0.717, 1.165) is 0 Å². The highest BCUT2D eigenvalue weighted by Gasteiger charge is 2.22. The Labute approximate surface area is 115 Å². The molecule has 0 saturated heterocycles. The Hall–Kier alpha value is -1.51. The van der Waals surface area contributed by atoms with Crippen LogP contribution in [0.5, 0.6) is 0 Å². The zero-order valence-corrected chi connectivity index (χ0v) is 10.8. The summed E-state index contributed by atoms with van der Waals surface area (Å²) in [5.41, 5.74) is 1.27. The minimum absolute atomic E-state index is 0.430. The number of halogens is 2. The molecule has 0 bridgehead atoms. The minimum atomic E-state index is -0.931. The van der Waals surface area contributed by atoms with E-state index in [4.69, 9.17) is 23.2 Å². The standard InChI is InChI=1S/C14H10Cl2O2/c15-11-6-10(7-12(16)8-11)13(14(17)18)9-4-2-1-3-5-9/h1-8,13H,(H,17,18). The van der Waals surface area contributed by atoms with Crippen molar-refractivity contribution in [3.05, 3.63) is 69.7 Å². The Bertz CT molecular complexity index is 547. The Balaban J connectivity index is 2.52. The molecule has 0 aliphatic carbocycles. The fourth-order valence-corrected chi connectivity index (χ4v) is 2.41. The number of carbonyl (C=O) groups is 1. The van der Waals surface area contributed by atoms with Crippen LogP contribution in [0.15, 0.2) is 48.5 Å². The molecule has 2 aromatic carbocycles. The zero-order chi connectivity index (χ0) is 13.1. The Morgan fingerprint density at radius 2 is 1.50 bits per heavy atom. The highest BCUT2D eigenvalue weighted by molar-refractivity contribution is 6.34. The molecule has 0 aromatic heterocycles. The summed E-state index contributed by atoms with van der Waals surface area (Å²) < 4.78 is 0.